The number of benzene rings is 2. The van der Waals surface area contributed by atoms with Crippen LogP contribution < -0.4 is 11.3 Å². The number of rotatable bonds is 6. The molecule has 0 fully saturated rings. The van der Waals surface area contributed by atoms with Gasteiger partial charge >= 0.3 is 5.76 Å². The van der Waals surface area contributed by atoms with Crippen LogP contribution in [0.15, 0.2) is 68.7 Å². The Morgan fingerprint density at radius 1 is 1.03 bits per heavy atom. The highest BCUT2D eigenvalue weighted by Gasteiger charge is 2.12. The maximum Gasteiger partial charge on any atom is 0.439 e. The van der Waals surface area contributed by atoms with E-state index in [9.17, 15) is 9.59 Å². The fourth-order valence-electron chi connectivity index (χ4n) is 3.52. The number of aromatic nitrogens is 4. The van der Waals surface area contributed by atoms with Crippen LogP contribution >= 0.6 is 0 Å². The van der Waals surface area contributed by atoms with Crippen molar-refractivity contribution in [1.29, 1.82) is 0 Å². The second-order valence-corrected chi connectivity index (χ2v) is 7.17. The lowest BCUT2D eigenvalue weighted by atomic mass is 9.98. The molecule has 0 aliphatic heterocycles. The van der Waals surface area contributed by atoms with Gasteiger partial charge in [0.05, 0.1) is 6.54 Å². The highest BCUT2D eigenvalue weighted by molar-refractivity contribution is 5.80. The molecule has 0 aliphatic rings. The lowest BCUT2D eigenvalue weighted by Gasteiger charge is -2.13. The lowest BCUT2D eigenvalue weighted by Crippen LogP contribution is -2.25. The molecule has 0 amide bonds. The van der Waals surface area contributed by atoms with E-state index in [1.807, 2.05) is 55.5 Å². The molecule has 0 bridgehead atoms. The normalized spacial score (nSPS) is 11.0. The molecule has 7 heteroatoms. The molecule has 0 saturated carbocycles. The van der Waals surface area contributed by atoms with Crippen molar-refractivity contribution in [3.63, 3.8) is 0 Å². The minimum absolute atomic E-state index is 0.0321. The van der Waals surface area contributed by atoms with Gasteiger partial charge < -0.3 is 0 Å². The van der Waals surface area contributed by atoms with E-state index in [0.717, 1.165) is 46.6 Å². The summed E-state index contributed by atoms with van der Waals surface area (Å²) in [7, 11) is 0. The van der Waals surface area contributed by atoms with E-state index in [1.165, 1.54) is 0 Å². The van der Waals surface area contributed by atoms with E-state index >= 15 is 0 Å². The molecule has 4 aromatic rings. The number of aromatic amines is 1. The zero-order chi connectivity index (χ0) is 21.1. The molecule has 4 rings (SSSR count). The Labute approximate surface area is 173 Å². The van der Waals surface area contributed by atoms with Crippen LogP contribution in [-0.4, -0.2) is 19.7 Å². The average molecular weight is 402 g/mol. The number of aryl methyl sites for hydroxylation is 2. The molecule has 0 unspecified atom stereocenters. The van der Waals surface area contributed by atoms with Crippen LogP contribution in [0.3, 0.4) is 0 Å². The zero-order valence-electron chi connectivity index (χ0n) is 16.9. The van der Waals surface area contributed by atoms with Crippen molar-refractivity contribution in [3.8, 4) is 22.5 Å². The molecule has 152 valence electrons. The monoisotopic (exact) mass is 402 g/mol. The van der Waals surface area contributed by atoms with Gasteiger partial charge in [-0.05, 0) is 30.0 Å². The van der Waals surface area contributed by atoms with Gasteiger partial charge in [0.15, 0.2) is 5.82 Å². The van der Waals surface area contributed by atoms with E-state index in [1.54, 1.807) is 10.6 Å². The number of H-pyrrole nitrogens is 1. The van der Waals surface area contributed by atoms with Gasteiger partial charge in [-0.2, -0.15) is 0 Å². The third-order valence-corrected chi connectivity index (χ3v) is 4.92. The highest BCUT2D eigenvalue weighted by atomic mass is 16.5. The second-order valence-electron chi connectivity index (χ2n) is 7.17. The van der Waals surface area contributed by atoms with Crippen molar-refractivity contribution in [1.82, 2.24) is 19.7 Å². The first-order valence-corrected chi connectivity index (χ1v) is 9.87. The maximum atomic E-state index is 12.5. The summed E-state index contributed by atoms with van der Waals surface area (Å²) in [4.78, 5) is 31.0. The first-order chi connectivity index (χ1) is 14.5. The van der Waals surface area contributed by atoms with Gasteiger partial charge in [0.1, 0.15) is 5.82 Å². The van der Waals surface area contributed by atoms with Crippen LogP contribution in [0.2, 0.25) is 0 Å². The minimum Gasteiger partial charge on any atom is -0.296 e. The molecule has 0 atom stereocenters. The largest absolute Gasteiger partial charge is 0.439 e. The van der Waals surface area contributed by atoms with Crippen LogP contribution in [0.25, 0.3) is 22.5 Å². The van der Waals surface area contributed by atoms with Crippen molar-refractivity contribution in [2.75, 3.05) is 0 Å². The topological polar surface area (TPSA) is 93.8 Å². The van der Waals surface area contributed by atoms with E-state index in [4.69, 9.17) is 0 Å². The first-order valence-electron chi connectivity index (χ1n) is 9.87. The van der Waals surface area contributed by atoms with Gasteiger partial charge in [0.2, 0.25) is 0 Å². The highest BCUT2D eigenvalue weighted by Crippen LogP contribution is 2.29. The van der Waals surface area contributed by atoms with Crippen LogP contribution in [0.5, 0.6) is 0 Å². The van der Waals surface area contributed by atoms with E-state index in [-0.39, 0.29) is 5.56 Å². The summed E-state index contributed by atoms with van der Waals surface area (Å²) >= 11 is 0. The molecule has 2 aromatic heterocycles. The fraction of sp³-hybridized carbons (Fsp3) is 0.217. The van der Waals surface area contributed by atoms with Crippen molar-refractivity contribution in [2.24, 2.45) is 0 Å². The quantitative estimate of drug-likeness (QED) is 0.532. The molecule has 0 aliphatic carbocycles. The third kappa shape index (κ3) is 4.00. The standard InChI is InChI=1S/C23H22N4O3/c1-3-6-20-24-15(2)13-21(28)27(20)14-16-9-11-17(12-10-16)18-7-4-5-8-19(18)22-25-23(29)30-26-22/h4-5,7-13H,3,6,14H2,1-2H3,(H,25,26,29). The number of hydrogen-bond donors (Lipinski definition) is 1. The van der Waals surface area contributed by atoms with E-state index in [0.29, 0.717) is 12.4 Å². The van der Waals surface area contributed by atoms with E-state index in [2.05, 4.69) is 26.6 Å². The molecular formula is C23H22N4O3. The molecule has 0 spiro atoms. The Balaban J connectivity index is 1.66. The summed E-state index contributed by atoms with van der Waals surface area (Å²) in [5.41, 5.74) is 4.40. The van der Waals surface area contributed by atoms with Crippen molar-refractivity contribution in [2.45, 2.75) is 33.2 Å². The van der Waals surface area contributed by atoms with Crippen molar-refractivity contribution < 1.29 is 4.52 Å². The van der Waals surface area contributed by atoms with Gasteiger partial charge in [-0.15, -0.1) is 0 Å². The molecule has 2 heterocycles. The van der Waals surface area contributed by atoms with Crippen molar-refractivity contribution >= 4 is 0 Å². The predicted octanol–water partition coefficient (Wildman–Crippen LogP) is 3.56. The summed E-state index contributed by atoms with van der Waals surface area (Å²) in [5.74, 6) is 0.614. The molecule has 0 saturated heterocycles. The van der Waals surface area contributed by atoms with Gasteiger partial charge in [-0.3, -0.25) is 18.9 Å². The maximum absolute atomic E-state index is 12.5. The van der Waals surface area contributed by atoms with Crippen LogP contribution in [0, 0.1) is 6.92 Å². The molecule has 2 aromatic carbocycles. The summed E-state index contributed by atoms with van der Waals surface area (Å²) < 4.78 is 6.38. The first kappa shape index (κ1) is 19.6. The molecule has 0 radical (unpaired) electrons. The fourth-order valence-corrected chi connectivity index (χ4v) is 3.52. The van der Waals surface area contributed by atoms with E-state index < -0.39 is 5.76 Å². The smallest absolute Gasteiger partial charge is 0.296 e. The van der Waals surface area contributed by atoms with Gasteiger partial charge in [-0.25, -0.2) is 9.78 Å². The summed E-state index contributed by atoms with van der Waals surface area (Å²) in [6, 6.07) is 17.2. The van der Waals surface area contributed by atoms with Crippen LogP contribution in [0.4, 0.5) is 0 Å². The Bertz CT molecular complexity index is 1280. The minimum atomic E-state index is -0.588. The molecule has 7 nitrogen and oxygen atoms in total. The van der Waals surface area contributed by atoms with Gasteiger partial charge in [0, 0.05) is 23.7 Å². The Morgan fingerprint density at radius 2 is 1.77 bits per heavy atom. The Hall–Kier alpha value is -3.74. The SMILES string of the molecule is CCCc1nc(C)cc(=O)n1Cc1ccc(-c2ccccc2-c2noc(=O)[nH]2)cc1. The second kappa shape index (κ2) is 8.32. The number of nitrogens with one attached hydrogen (secondary N) is 1. The predicted molar refractivity (Wildman–Crippen MR) is 114 cm³/mol. The van der Waals surface area contributed by atoms with Crippen LogP contribution in [-0.2, 0) is 13.0 Å². The van der Waals surface area contributed by atoms with Crippen LogP contribution in [0.1, 0.15) is 30.4 Å². The lowest BCUT2D eigenvalue weighted by molar-refractivity contribution is 0.388. The number of hydrogen-bond acceptors (Lipinski definition) is 5. The average Bonchev–Trinajstić information content (AvgIpc) is 3.17. The Morgan fingerprint density at radius 3 is 2.43 bits per heavy atom. The summed E-state index contributed by atoms with van der Waals surface area (Å²) in [6.45, 7) is 4.40. The summed E-state index contributed by atoms with van der Waals surface area (Å²) in [5, 5.41) is 3.80. The Kier molecular flexibility index (Phi) is 5.43. The molecule has 30 heavy (non-hydrogen) atoms. The number of nitrogens with zero attached hydrogens (tertiary/aromatic N) is 3. The third-order valence-electron chi connectivity index (χ3n) is 4.92. The van der Waals surface area contributed by atoms with Crippen molar-refractivity contribution in [3.05, 3.63) is 92.6 Å². The molecular weight excluding hydrogens is 380 g/mol. The van der Waals surface area contributed by atoms with Gasteiger partial charge in [0.25, 0.3) is 5.56 Å². The molecule has 1 N–H and O–H groups in total. The van der Waals surface area contributed by atoms with Gasteiger partial charge in [-0.1, -0.05) is 60.6 Å². The summed E-state index contributed by atoms with van der Waals surface area (Å²) in [6.07, 6.45) is 1.69. The zero-order valence-corrected chi connectivity index (χ0v) is 16.9.